The van der Waals surface area contributed by atoms with Gasteiger partial charge in [0.2, 0.25) is 5.91 Å². The van der Waals surface area contributed by atoms with Gasteiger partial charge < -0.3 is 15.8 Å². The third kappa shape index (κ3) is 6.99. The van der Waals surface area contributed by atoms with Crippen molar-refractivity contribution >= 4 is 35.0 Å². The van der Waals surface area contributed by atoms with E-state index >= 15 is 0 Å². The van der Waals surface area contributed by atoms with Crippen LogP contribution in [0.2, 0.25) is 0 Å². The van der Waals surface area contributed by atoms with Crippen LogP contribution in [-0.2, 0) is 14.3 Å². The van der Waals surface area contributed by atoms with Crippen LogP contribution in [0.25, 0.3) is 0 Å². The van der Waals surface area contributed by atoms with E-state index in [0.29, 0.717) is 30.7 Å². The summed E-state index contributed by atoms with van der Waals surface area (Å²) >= 11 is 1.60. The Bertz CT molecular complexity index is 497. The van der Waals surface area contributed by atoms with E-state index in [0.717, 1.165) is 5.75 Å². The summed E-state index contributed by atoms with van der Waals surface area (Å²) in [6.07, 6.45) is 1.44. The molecule has 0 spiro atoms. The van der Waals surface area contributed by atoms with Crippen molar-refractivity contribution < 1.29 is 18.7 Å². The number of anilines is 2. The highest BCUT2D eigenvalue weighted by Crippen LogP contribution is 2.16. The normalized spacial score (nSPS) is 10.2. The molecule has 1 aromatic rings. The molecular weight excluding hydrogens is 295 g/mol. The van der Waals surface area contributed by atoms with Crippen molar-refractivity contribution in [3.8, 4) is 0 Å². The quantitative estimate of drug-likeness (QED) is 0.437. The number of carbonyl (C=O) groups is 2. The first-order valence-electron chi connectivity index (χ1n) is 6.52. The standard InChI is InChI=1S/C14H19FN2O3S/c1-20-14(19)6-8-21-7-2-3-13(18)17-10-4-5-11(15)12(16)9-10/h4-5,9H,2-3,6-8,16H2,1H3,(H,17,18). The molecule has 5 nitrogen and oxygen atoms in total. The number of amides is 1. The van der Waals surface area contributed by atoms with Crippen LogP contribution in [0, 0.1) is 5.82 Å². The summed E-state index contributed by atoms with van der Waals surface area (Å²) in [6.45, 7) is 0. The molecule has 0 fully saturated rings. The van der Waals surface area contributed by atoms with Gasteiger partial charge in [0, 0.05) is 17.9 Å². The minimum absolute atomic E-state index is 0.00571. The third-order valence-corrected chi connectivity index (χ3v) is 3.72. The van der Waals surface area contributed by atoms with Crippen molar-refractivity contribution in [2.45, 2.75) is 19.3 Å². The molecule has 1 rings (SSSR count). The lowest BCUT2D eigenvalue weighted by molar-refractivity contribution is -0.140. The topological polar surface area (TPSA) is 81.4 Å². The second kappa shape index (κ2) is 9.23. The molecule has 3 N–H and O–H groups in total. The van der Waals surface area contributed by atoms with Crippen LogP contribution in [-0.4, -0.2) is 30.5 Å². The molecule has 21 heavy (non-hydrogen) atoms. The Labute approximate surface area is 127 Å². The van der Waals surface area contributed by atoms with Crippen LogP contribution in [0.3, 0.4) is 0 Å². The summed E-state index contributed by atoms with van der Waals surface area (Å²) in [5.74, 6) is 0.595. The van der Waals surface area contributed by atoms with Gasteiger partial charge in [0.05, 0.1) is 19.2 Å². The SMILES string of the molecule is COC(=O)CCSCCCC(=O)Nc1ccc(F)c(N)c1. The van der Waals surface area contributed by atoms with Gasteiger partial charge in [-0.05, 0) is 30.4 Å². The molecule has 116 valence electrons. The largest absolute Gasteiger partial charge is 0.469 e. The predicted molar refractivity (Wildman–Crippen MR) is 82.6 cm³/mol. The highest BCUT2D eigenvalue weighted by molar-refractivity contribution is 7.99. The molecule has 0 bridgehead atoms. The molecule has 0 atom stereocenters. The number of nitrogens with two attached hydrogens (primary N) is 1. The lowest BCUT2D eigenvalue weighted by Crippen LogP contribution is -2.12. The summed E-state index contributed by atoms with van der Waals surface area (Å²) in [7, 11) is 1.36. The lowest BCUT2D eigenvalue weighted by atomic mass is 10.2. The lowest BCUT2D eigenvalue weighted by Gasteiger charge is -2.06. The maximum Gasteiger partial charge on any atom is 0.306 e. The average Bonchev–Trinajstić information content (AvgIpc) is 2.46. The third-order valence-electron chi connectivity index (χ3n) is 2.65. The predicted octanol–water partition coefficient (Wildman–Crippen LogP) is 2.42. The van der Waals surface area contributed by atoms with Crippen molar-refractivity contribution in [1.29, 1.82) is 0 Å². The van der Waals surface area contributed by atoms with Crippen molar-refractivity contribution in [2.75, 3.05) is 29.7 Å². The number of nitrogens with one attached hydrogen (secondary N) is 1. The van der Waals surface area contributed by atoms with Crippen LogP contribution < -0.4 is 11.1 Å². The Morgan fingerprint density at radius 2 is 2.10 bits per heavy atom. The van der Waals surface area contributed by atoms with Crippen molar-refractivity contribution in [1.82, 2.24) is 0 Å². The van der Waals surface area contributed by atoms with Crippen molar-refractivity contribution in [3.63, 3.8) is 0 Å². The van der Waals surface area contributed by atoms with Gasteiger partial charge in [-0.2, -0.15) is 11.8 Å². The van der Waals surface area contributed by atoms with E-state index < -0.39 is 5.82 Å². The zero-order valence-corrected chi connectivity index (χ0v) is 12.7. The fourth-order valence-corrected chi connectivity index (χ4v) is 2.40. The van der Waals surface area contributed by atoms with Gasteiger partial charge in [-0.3, -0.25) is 9.59 Å². The van der Waals surface area contributed by atoms with Crippen LogP contribution in [0.5, 0.6) is 0 Å². The number of methoxy groups -OCH3 is 1. The number of rotatable bonds is 8. The number of nitrogen functional groups attached to an aromatic ring is 1. The first-order chi connectivity index (χ1) is 10.0. The Balaban J connectivity index is 2.16. The van der Waals surface area contributed by atoms with Gasteiger partial charge in [-0.15, -0.1) is 0 Å². The van der Waals surface area contributed by atoms with E-state index in [1.165, 1.54) is 25.3 Å². The minimum atomic E-state index is -0.505. The van der Waals surface area contributed by atoms with E-state index in [1.807, 2.05) is 0 Å². The smallest absolute Gasteiger partial charge is 0.306 e. The molecule has 0 aliphatic carbocycles. The number of halogens is 1. The molecule has 0 aromatic heterocycles. The summed E-state index contributed by atoms with van der Waals surface area (Å²) in [5, 5.41) is 2.66. The van der Waals surface area contributed by atoms with E-state index in [2.05, 4.69) is 10.1 Å². The molecule has 1 amide bonds. The van der Waals surface area contributed by atoms with Gasteiger partial charge in [-0.25, -0.2) is 4.39 Å². The van der Waals surface area contributed by atoms with Gasteiger partial charge in [0.15, 0.2) is 0 Å². The summed E-state index contributed by atoms with van der Waals surface area (Å²) in [5.41, 5.74) is 5.91. The Morgan fingerprint density at radius 3 is 2.76 bits per heavy atom. The Morgan fingerprint density at radius 1 is 1.33 bits per heavy atom. The van der Waals surface area contributed by atoms with E-state index in [1.54, 1.807) is 11.8 Å². The molecule has 0 saturated carbocycles. The molecule has 7 heteroatoms. The van der Waals surface area contributed by atoms with Crippen LogP contribution >= 0.6 is 11.8 Å². The Hall–Kier alpha value is -1.76. The second-order valence-electron chi connectivity index (χ2n) is 4.33. The summed E-state index contributed by atoms with van der Waals surface area (Å²) in [4.78, 5) is 22.5. The highest BCUT2D eigenvalue weighted by Gasteiger charge is 2.05. The number of hydrogen-bond acceptors (Lipinski definition) is 5. The number of hydrogen-bond donors (Lipinski definition) is 2. The summed E-state index contributed by atoms with van der Waals surface area (Å²) in [6, 6.07) is 4.07. The minimum Gasteiger partial charge on any atom is -0.469 e. The average molecular weight is 314 g/mol. The van der Waals surface area contributed by atoms with Crippen LogP contribution in [0.1, 0.15) is 19.3 Å². The first-order valence-corrected chi connectivity index (χ1v) is 7.68. The molecule has 0 radical (unpaired) electrons. The van der Waals surface area contributed by atoms with Crippen LogP contribution in [0.15, 0.2) is 18.2 Å². The van der Waals surface area contributed by atoms with E-state index in [-0.39, 0.29) is 17.6 Å². The number of carbonyl (C=O) groups excluding carboxylic acids is 2. The molecule has 0 saturated heterocycles. The maximum absolute atomic E-state index is 13.0. The number of ether oxygens (including phenoxy) is 1. The van der Waals surface area contributed by atoms with Crippen molar-refractivity contribution in [2.24, 2.45) is 0 Å². The van der Waals surface area contributed by atoms with Gasteiger partial charge in [0.25, 0.3) is 0 Å². The summed E-state index contributed by atoms with van der Waals surface area (Å²) < 4.78 is 17.5. The van der Waals surface area contributed by atoms with Gasteiger partial charge in [0.1, 0.15) is 5.82 Å². The van der Waals surface area contributed by atoms with E-state index in [4.69, 9.17) is 5.73 Å². The zero-order chi connectivity index (χ0) is 15.7. The molecule has 0 unspecified atom stereocenters. The molecule has 0 aliphatic heterocycles. The maximum atomic E-state index is 13.0. The number of esters is 1. The molecular formula is C14H19FN2O3S. The van der Waals surface area contributed by atoms with E-state index in [9.17, 15) is 14.0 Å². The fraction of sp³-hybridized carbons (Fsp3) is 0.429. The fourth-order valence-electron chi connectivity index (χ4n) is 1.54. The van der Waals surface area contributed by atoms with Crippen molar-refractivity contribution in [3.05, 3.63) is 24.0 Å². The first kappa shape index (κ1) is 17.3. The molecule has 0 heterocycles. The number of thioether (sulfide) groups is 1. The Kier molecular flexibility index (Phi) is 7.60. The zero-order valence-electron chi connectivity index (χ0n) is 11.9. The highest BCUT2D eigenvalue weighted by atomic mass is 32.2. The molecule has 0 aliphatic rings. The van der Waals surface area contributed by atoms with Gasteiger partial charge in [-0.1, -0.05) is 0 Å². The monoisotopic (exact) mass is 314 g/mol. The molecule has 1 aromatic carbocycles. The van der Waals surface area contributed by atoms with Crippen LogP contribution in [0.4, 0.5) is 15.8 Å². The second-order valence-corrected chi connectivity index (χ2v) is 5.55. The number of benzene rings is 1. The van der Waals surface area contributed by atoms with Gasteiger partial charge >= 0.3 is 5.97 Å².